The molecule has 19 atom stereocenters. The second-order valence-corrected chi connectivity index (χ2v) is 17.6. The van der Waals surface area contributed by atoms with Crippen molar-refractivity contribution in [2.24, 2.45) is 23.5 Å². The van der Waals surface area contributed by atoms with Crippen molar-refractivity contribution in [3.63, 3.8) is 0 Å². The van der Waals surface area contributed by atoms with Crippen molar-refractivity contribution >= 4 is 11.9 Å². The molecule has 18 heteroatoms. The zero-order valence-corrected chi connectivity index (χ0v) is 37.6. The molecule has 0 unspecified atom stereocenters. The van der Waals surface area contributed by atoms with Gasteiger partial charge >= 0.3 is 11.9 Å². The van der Waals surface area contributed by atoms with Gasteiger partial charge in [0.15, 0.2) is 12.1 Å². The van der Waals surface area contributed by atoms with Gasteiger partial charge in [-0.15, -0.1) is 0 Å². The van der Waals surface area contributed by atoms with E-state index in [0.29, 0.717) is 0 Å². The van der Waals surface area contributed by atoms with Crippen LogP contribution in [0.15, 0.2) is 85.1 Å². The van der Waals surface area contributed by atoms with Gasteiger partial charge in [0.25, 0.3) is 0 Å². The van der Waals surface area contributed by atoms with Crippen LogP contribution in [0.1, 0.15) is 79.1 Å². The number of carbonyl (C=O) groups is 2. The van der Waals surface area contributed by atoms with Gasteiger partial charge in [-0.2, -0.15) is 0 Å². The van der Waals surface area contributed by atoms with Crippen molar-refractivity contribution in [1.29, 1.82) is 0 Å². The smallest absolute Gasteiger partial charge is 0.311 e. The van der Waals surface area contributed by atoms with Crippen LogP contribution in [0.4, 0.5) is 0 Å². The van der Waals surface area contributed by atoms with E-state index >= 15 is 0 Å². The molecule has 3 aliphatic rings. The molecule has 0 saturated carbocycles. The minimum Gasteiger partial charge on any atom is -0.481 e. The first-order chi connectivity index (χ1) is 30.6. The maximum absolute atomic E-state index is 12.6. The number of carboxylic acid groups (broad SMARTS) is 1. The van der Waals surface area contributed by atoms with E-state index in [2.05, 4.69) is 0 Å². The zero-order valence-electron chi connectivity index (χ0n) is 37.6. The van der Waals surface area contributed by atoms with Crippen LogP contribution < -0.4 is 5.73 Å². The average molecular weight is 924 g/mol. The van der Waals surface area contributed by atoms with Gasteiger partial charge in [-0.3, -0.25) is 9.59 Å². The molecule has 0 radical (unpaired) electrons. The van der Waals surface area contributed by atoms with E-state index in [1.807, 2.05) is 19.1 Å². The van der Waals surface area contributed by atoms with Crippen LogP contribution in [0, 0.1) is 17.8 Å². The Morgan fingerprint density at radius 3 is 1.82 bits per heavy atom. The molecule has 3 heterocycles. The van der Waals surface area contributed by atoms with E-state index in [1.54, 1.807) is 80.7 Å². The third-order valence-corrected chi connectivity index (χ3v) is 12.0. The quantitative estimate of drug-likeness (QED) is 0.174. The first-order valence-electron chi connectivity index (χ1n) is 22.3. The fourth-order valence-electron chi connectivity index (χ4n) is 7.97. The topological polar surface area (TPSA) is 320 Å². The molecule has 0 aliphatic carbocycles. The summed E-state index contributed by atoms with van der Waals surface area (Å²) in [5.74, 6) is -6.83. The Kier molecular flexibility index (Phi) is 23.6. The highest BCUT2D eigenvalue weighted by atomic mass is 16.7. The molecule has 3 aliphatic heterocycles. The summed E-state index contributed by atoms with van der Waals surface area (Å²) in [5, 5.41) is 118. The van der Waals surface area contributed by atoms with Gasteiger partial charge < -0.3 is 80.9 Å². The fraction of sp³-hybridized carbons (Fsp3) is 0.660. The molecule has 18 nitrogen and oxygen atoms in total. The van der Waals surface area contributed by atoms with Crippen LogP contribution >= 0.6 is 0 Å². The summed E-state index contributed by atoms with van der Waals surface area (Å²) in [7, 11) is 0. The molecule has 0 spiro atoms. The number of nitrogens with two attached hydrogens (primary N) is 1. The second-order valence-electron chi connectivity index (χ2n) is 17.6. The van der Waals surface area contributed by atoms with Gasteiger partial charge in [0.2, 0.25) is 0 Å². The van der Waals surface area contributed by atoms with Gasteiger partial charge in [-0.25, -0.2) is 0 Å². The molecular formula is C47H73NO17. The Bertz CT molecular complexity index is 1670. The van der Waals surface area contributed by atoms with Crippen molar-refractivity contribution in [2.45, 2.75) is 177 Å². The van der Waals surface area contributed by atoms with Crippen molar-refractivity contribution in [1.82, 2.24) is 0 Å². The summed E-state index contributed by atoms with van der Waals surface area (Å²) in [6.07, 6.45) is 3.46. The highest BCUT2D eigenvalue weighted by Crippen LogP contribution is 2.38. The van der Waals surface area contributed by atoms with Crippen LogP contribution in [0.3, 0.4) is 0 Å². The van der Waals surface area contributed by atoms with Crippen molar-refractivity contribution < 1.29 is 84.7 Å². The second kappa shape index (κ2) is 27.4. The van der Waals surface area contributed by atoms with Crippen molar-refractivity contribution in [2.75, 3.05) is 0 Å². The molecule has 0 amide bonds. The minimum atomic E-state index is -2.33. The SMILES string of the molecule is C[C@@H]1[C@H](O)[C@@H](C)/C=C/C=C/C=C/C=C/C=C/C=C/C=C/[C@H](O[C@H]2O[C@@H](C)[C@@H](O)[C@@H](N)[C@@H]2O)C[C@H]2O[C@@](O)(C[C@@H](O)C[C@@H](O)[C@@H](O)CC[C@@H](O)C[C@@H](O)CC(=O)O[C@H]1C)C[C@H](O)[C@@H]2C(=O)O. The van der Waals surface area contributed by atoms with Gasteiger partial charge in [-0.05, 0) is 33.1 Å². The number of aliphatic carboxylic acids is 1. The lowest BCUT2D eigenvalue weighted by atomic mass is 9.82. The number of ether oxygens (including phenoxy) is 4. The monoisotopic (exact) mass is 923 g/mol. The summed E-state index contributed by atoms with van der Waals surface area (Å²) in [5.41, 5.74) is 6.02. The number of aliphatic hydroxyl groups excluding tert-OH is 9. The summed E-state index contributed by atoms with van der Waals surface area (Å²) < 4.78 is 23.1. The van der Waals surface area contributed by atoms with Crippen LogP contribution in [0.5, 0.6) is 0 Å². The zero-order chi connectivity index (χ0) is 48.4. The molecule has 0 aromatic carbocycles. The molecule has 2 saturated heterocycles. The van der Waals surface area contributed by atoms with Crippen LogP contribution in [0.25, 0.3) is 0 Å². The highest BCUT2D eigenvalue weighted by molar-refractivity contribution is 5.71. The van der Waals surface area contributed by atoms with Crippen LogP contribution in [-0.2, 0) is 28.5 Å². The number of aliphatic hydroxyl groups is 10. The molecule has 13 N–H and O–H groups in total. The van der Waals surface area contributed by atoms with Gasteiger partial charge in [-0.1, -0.05) is 98.9 Å². The molecule has 65 heavy (non-hydrogen) atoms. The largest absolute Gasteiger partial charge is 0.481 e. The molecule has 0 aromatic rings. The van der Waals surface area contributed by atoms with Gasteiger partial charge in [0, 0.05) is 37.5 Å². The lowest BCUT2D eigenvalue weighted by molar-refractivity contribution is -0.308. The van der Waals surface area contributed by atoms with Crippen LogP contribution in [-0.4, -0.2) is 166 Å². The van der Waals surface area contributed by atoms with Crippen molar-refractivity contribution in [3.8, 4) is 0 Å². The van der Waals surface area contributed by atoms with E-state index in [4.69, 9.17) is 24.7 Å². The van der Waals surface area contributed by atoms with E-state index < -0.39 is 147 Å². The predicted molar refractivity (Wildman–Crippen MR) is 237 cm³/mol. The van der Waals surface area contributed by atoms with E-state index in [-0.39, 0.29) is 31.6 Å². The summed E-state index contributed by atoms with van der Waals surface area (Å²) in [4.78, 5) is 25.1. The number of hydrogen-bond acceptors (Lipinski definition) is 17. The summed E-state index contributed by atoms with van der Waals surface area (Å²) in [6.45, 7) is 6.74. The van der Waals surface area contributed by atoms with Crippen LogP contribution in [0.2, 0.25) is 0 Å². The Morgan fingerprint density at radius 2 is 1.23 bits per heavy atom. The first-order valence-corrected chi connectivity index (χ1v) is 22.3. The number of allylic oxidation sites excluding steroid dienone is 12. The standard InChI is InChI=1S/C47H73NO17/c1-27-17-15-13-11-9-7-5-6-8-10-12-14-16-18-34(64-46-44(58)41(48)43(57)30(4)63-46)24-38-40(45(59)60)37(54)26-47(61,65-38)25-33(51)22-36(53)35(52)20-19-31(49)21-32(50)23-39(55)62-29(3)28(2)42(27)56/h5-18,27-38,40-44,46,49-54,56-58,61H,19-26,48H2,1-4H3,(H,59,60)/b6-5+,9-7+,10-8+,13-11+,14-12+,17-15+,18-16+/t27-,28-,29-,30-,31+,32+,33-,34-,35-,36+,37-,38+,40-,41+,42+,43+,44-,46+,47-/m0/s1. The molecular weight excluding hydrogens is 851 g/mol. The Balaban J connectivity index is 1.86. The minimum absolute atomic E-state index is 0.107. The number of fused-ring (bicyclic) bond motifs is 2. The van der Waals surface area contributed by atoms with Crippen molar-refractivity contribution in [3.05, 3.63) is 85.1 Å². The number of hydrogen-bond donors (Lipinski definition) is 12. The number of esters is 1. The van der Waals surface area contributed by atoms with E-state index in [1.165, 1.54) is 13.0 Å². The third-order valence-electron chi connectivity index (χ3n) is 12.0. The number of carboxylic acids is 1. The summed E-state index contributed by atoms with van der Waals surface area (Å²) >= 11 is 0. The lowest BCUT2D eigenvalue weighted by Crippen LogP contribution is -2.61. The molecule has 0 aromatic heterocycles. The van der Waals surface area contributed by atoms with E-state index in [9.17, 15) is 65.8 Å². The molecule has 2 fully saturated rings. The van der Waals surface area contributed by atoms with Gasteiger partial charge in [0.05, 0.1) is 79.6 Å². The number of rotatable bonds is 3. The Morgan fingerprint density at radius 1 is 0.662 bits per heavy atom. The Hall–Kier alpha value is -3.44. The fourth-order valence-corrected chi connectivity index (χ4v) is 7.97. The maximum Gasteiger partial charge on any atom is 0.311 e. The number of carbonyl (C=O) groups excluding carboxylic acids is 1. The van der Waals surface area contributed by atoms with E-state index in [0.717, 1.165) is 0 Å². The highest BCUT2D eigenvalue weighted by Gasteiger charge is 2.51. The summed E-state index contributed by atoms with van der Waals surface area (Å²) in [6, 6.07) is -1.15. The molecule has 368 valence electrons. The Labute approximate surface area is 381 Å². The van der Waals surface area contributed by atoms with Gasteiger partial charge in [0.1, 0.15) is 18.1 Å². The lowest BCUT2D eigenvalue weighted by Gasteiger charge is -2.45. The first kappa shape index (κ1) is 55.9. The average Bonchev–Trinajstić information content (AvgIpc) is 3.21. The predicted octanol–water partition coefficient (Wildman–Crippen LogP) is 0.712. The maximum atomic E-state index is 12.6. The molecule has 3 rings (SSSR count). The number of cyclic esters (lactones) is 1. The normalized spacial score (nSPS) is 45.5. The third kappa shape index (κ3) is 18.6. The molecule has 2 bridgehead atoms.